The molecule has 1 unspecified atom stereocenters. The van der Waals surface area contributed by atoms with Gasteiger partial charge < -0.3 is 4.42 Å². The van der Waals surface area contributed by atoms with Crippen LogP contribution in [0.25, 0.3) is 50.7 Å². The van der Waals surface area contributed by atoms with Crippen LogP contribution in [0.2, 0.25) is 0 Å². The van der Waals surface area contributed by atoms with Gasteiger partial charge in [0.05, 0.1) is 0 Å². The van der Waals surface area contributed by atoms with Crippen molar-refractivity contribution in [2.75, 3.05) is 0 Å². The summed E-state index contributed by atoms with van der Waals surface area (Å²) in [4.78, 5) is 15.2. The summed E-state index contributed by atoms with van der Waals surface area (Å²) in [6, 6.07) is 33.7. The van der Waals surface area contributed by atoms with E-state index in [1.54, 1.807) is 0 Å². The summed E-state index contributed by atoms with van der Waals surface area (Å²) < 4.78 is 7.12. The first-order chi connectivity index (χ1) is 24.2. The van der Waals surface area contributed by atoms with E-state index in [2.05, 4.69) is 129 Å². The molecule has 4 heteroatoms. The zero-order valence-corrected chi connectivity index (χ0v) is 32.3. The lowest BCUT2D eigenvalue weighted by atomic mass is 9.71. The van der Waals surface area contributed by atoms with Gasteiger partial charge in [-0.1, -0.05) is 173 Å². The predicted octanol–water partition coefficient (Wildman–Crippen LogP) is 13.2. The van der Waals surface area contributed by atoms with Gasteiger partial charge in [0, 0.05) is 39.1 Å². The van der Waals surface area contributed by atoms with Crippen LogP contribution in [0.4, 0.5) is 0 Å². The van der Waals surface area contributed by atoms with E-state index in [0.29, 0.717) is 17.5 Å². The Morgan fingerprint density at radius 3 is 1.61 bits per heavy atom. The van der Waals surface area contributed by atoms with Crippen LogP contribution in [0, 0.1) is 5.41 Å². The minimum absolute atomic E-state index is 0.0162. The summed E-state index contributed by atoms with van der Waals surface area (Å²) in [5.74, 6) is 3.29. The van der Waals surface area contributed by atoms with Crippen LogP contribution in [0.1, 0.15) is 117 Å². The van der Waals surface area contributed by atoms with Gasteiger partial charge in [-0.2, -0.15) is 0 Å². The maximum Gasteiger partial charge on any atom is 0.164 e. The Hall–Kier alpha value is -4.83. The molecular formula is C47H53N3O. The Morgan fingerprint density at radius 1 is 0.588 bits per heavy atom. The number of benzene rings is 4. The number of hydrogen-bond donors (Lipinski definition) is 0. The molecular weight excluding hydrogens is 623 g/mol. The van der Waals surface area contributed by atoms with E-state index >= 15 is 0 Å². The highest BCUT2D eigenvalue weighted by atomic mass is 16.3. The molecule has 2 heterocycles. The molecule has 0 bridgehead atoms. The topological polar surface area (TPSA) is 51.8 Å². The monoisotopic (exact) mass is 675 g/mol. The van der Waals surface area contributed by atoms with Gasteiger partial charge in [0.1, 0.15) is 11.3 Å². The Balaban J connectivity index is 0.00000220. The van der Waals surface area contributed by atoms with Crippen molar-refractivity contribution < 1.29 is 4.42 Å². The SMILES string of the molecule is CC.CC(C)(C)c1cc(C(C)(C)C)c2oc3c(c2c1)C(c1ccccc1-c1nc(-c2ccccc2)nc(-c2ccccc2)n1)=CCC3C(C)(C)C. The third kappa shape index (κ3) is 7.06. The van der Waals surface area contributed by atoms with E-state index < -0.39 is 0 Å². The zero-order chi connectivity index (χ0) is 36.7. The van der Waals surface area contributed by atoms with E-state index in [1.165, 1.54) is 27.6 Å². The van der Waals surface area contributed by atoms with Crippen molar-refractivity contribution in [3.8, 4) is 34.2 Å². The molecule has 51 heavy (non-hydrogen) atoms. The highest BCUT2D eigenvalue weighted by Gasteiger charge is 2.38. The fraction of sp³-hybridized carbons (Fsp3) is 0.340. The Bertz CT molecular complexity index is 2130. The molecule has 0 saturated carbocycles. The fourth-order valence-corrected chi connectivity index (χ4v) is 7.01. The second kappa shape index (κ2) is 13.7. The molecule has 0 amide bonds. The summed E-state index contributed by atoms with van der Waals surface area (Å²) in [6.45, 7) is 24.7. The van der Waals surface area contributed by atoms with Gasteiger partial charge in [-0.3, -0.25) is 0 Å². The van der Waals surface area contributed by atoms with Crippen molar-refractivity contribution in [2.24, 2.45) is 5.41 Å². The normalized spacial score (nSPS) is 14.8. The molecule has 0 saturated heterocycles. The van der Waals surface area contributed by atoms with E-state index in [4.69, 9.17) is 19.4 Å². The highest BCUT2D eigenvalue weighted by molar-refractivity contribution is 6.02. The number of rotatable bonds is 4. The summed E-state index contributed by atoms with van der Waals surface area (Å²) in [5, 5.41) is 1.19. The van der Waals surface area contributed by atoms with Crippen molar-refractivity contribution in [3.05, 3.63) is 131 Å². The Kier molecular flexibility index (Phi) is 9.67. The molecule has 7 rings (SSSR count). The third-order valence-electron chi connectivity index (χ3n) is 9.84. The quantitative estimate of drug-likeness (QED) is 0.187. The van der Waals surface area contributed by atoms with Crippen LogP contribution in [0.3, 0.4) is 0 Å². The van der Waals surface area contributed by atoms with Gasteiger partial charge in [0.15, 0.2) is 17.5 Å². The van der Waals surface area contributed by atoms with E-state index in [9.17, 15) is 0 Å². The number of aromatic nitrogens is 3. The van der Waals surface area contributed by atoms with Crippen molar-refractivity contribution in [1.29, 1.82) is 0 Å². The molecule has 0 aliphatic heterocycles. The minimum atomic E-state index is -0.0917. The molecule has 1 aliphatic rings. The summed E-state index contributed by atoms with van der Waals surface area (Å²) in [7, 11) is 0. The fourth-order valence-electron chi connectivity index (χ4n) is 7.01. The van der Waals surface area contributed by atoms with Gasteiger partial charge in [-0.25, -0.2) is 15.0 Å². The Labute approximate surface area is 305 Å². The lowest BCUT2D eigenvalue weighted by Crippen LogP contribution is -2.21. The largest absolute Gasteiger partial charge is 0.460 e. The van der Waals surface area contributed by atoms with Crippen LogP contribution >= 0.6 is 0 Å². The van der Waals surface area contributed by atoms with Crippen molar-refractivity contribution in [3.63, 3.8) is 0 Å². The van der Waals surface area contributed by atoms with Crippen LogP contribution in [0.15, 0.2) is 108 Å². The highest BCUT2D eigenvalue weighted by Crippen LogP contribution is 2.52. The molecule has 262 valence electrons. The molecule has 0 spiro atoms. The van der Waals surface area contributed by atoms with Gasteiger partial charge in [0.25, 0.3) is 0 Å². The predicted molar refractivity (Wildman–Crippen MR) is 215 cm³/mol. The molecule has 2 aromatic heterocycles. The maximum absolute atomic E-state index is 7.12. The lowest BCUT2D eigenvalue weighted by Gasteiger charge is -2.32. The number of nitrogens with zero attached hydrogens (tertiary/aromatic N) is 3. The molecule has 0 fully saturated rings. The number of fused-ring (bicyclic) bond motifs is 3. The van der Waals surface area contributed by atoms with E-state index in [1.807, 2.05) is 50.2 Å². The lowest BCUT2D eigenvalue weighted by molar-refractivity contribution is 0.282. The molecule has 0 N–H and O–H groups in total. The standard InChI is InChI=1S/C45H47N3O.C2H6/c1-43(2,3)30-26-34-37-32(24-25-35(44(4,5)6)39(37)49-38(34)36(27-30)45(7,8)9)31-22-16-17-23-33(31)42-47-40(28-18-12-10-13-19-28)46-41(48-42)29-20-14-11-15-21-29;1-2/h10-24,26-27,35H,25H2,1-9H3;1-2H3. The summed E-state index contributed by atoms with van der Waals surface area (Å²) in [6.07, 6.45) is 3.32. The van der Waals surface area contributed by atoms with E-state index in [-0.39, 0.29) is 22.2 Å². The average molecular weight is 676 g/mol. The average Bonchev–Trinajstić information content (AvgIpc) is 3.50. The molecule has 1 aliphatic carbocycles. The first-order valence-electron chi connectivity index (χ1n) is 18.5. The van der Waals surface area contributed by atoms with Crippen molar-refractivity contribution >= 4 is 16.5 Å². The van der Waals surface area contributed by atoms with Crippen LogP contribution < -0.4 is 0 Å². The van der Waals surface area contributed by atoms with Gasteiger partial charge >= 0.3 is 0 Å². The second-order valence-corrected chi connectivity index (χ2v) is 16.6. The van der Waals surface area contributed by atoms with Gasteiger partial charge in [0.2, 0.25) is 0 Å². The van der Waals surface area contributed by atoms with Gasteiger partial charge in [-0.15, -0.1) is 0 Å². The molecule has 6 aromatic rings. The number of allylic oxidation sites excluding steroid dienone is 1. The maximum atomic E-state index is 7.12. The number of hydrogen-bond acceptors (Lipinski definition) is 4. The van der Waals surface area contributed by atoms with Gasteiger partial charge in [-0.05, 0) is 45.4 Å². The minimum Gasteiger partial charge on any atom is -0.460 e. The molecule has 0 radical (unpaired) electrons. The van der Waals surface area contributed by atoms with Crippen molar-refractivity contribution in [1.82, 2.24) is 15.0 Å². The Morgan fingerprint density at radius 2 is 1.10 bits per heavy atom. The van der Waals surface area contributed by atoms with Crippen LogP contribution in [0.5, 0.6) is 0 Å². The van der Waals surface area contributed by atoms with Crippen molar-refractivity contribution in [2.45, 2.75) is 99.3 Å². The first kappa shape index (κ1) is 36.0. The summed E-state index contributed by atoms with van der Waals surface area (Å²) in [5.41, 5.74) is 9.84. The molecule has 4 nitrogen and oxygen atoms in total. The number of furan rings is 1. The zero-order valence-electron chi connectivity index (χ0n) is 32.3. The second-order valence-electron chi connectivity index (χ2n) is 16.6. The smallest absolute Gasteiger partial charge is 0.164 e. The first-order valence-corrected chi connectivity index (χ1v) is 18.5. The third-order valence-corrected chi connectivity index (χ3v) is 9.84. The molecule has 1 atom stereocenters. The van der Waals surface area contributed by atoms with Crippen LogP contribution in [-0.4, -0.2) is 15.0 Å². The van der Waals surface area contributed by atoms with E-state index in [0.717, 1.165) is 40.0 Å². The van der Waals surface area contributed by atoms with Crippen LogP contribution in [-0.2, 0) is 10.8 Å². The summed E-state index contributed by atoms with van der Waals surface area (Å²) >= 11 is 0. The molecule has 4 aromatic carbocycles.